The molecular weight excluding hydrogens is 661 g/mol. The van der Waals surface area contributed by atoms with Crippen LogP contribution < -0.4 is 34.4 Å². The lowest BCUT2D eigenvalue weighted by Gasteiger charge is -2.00. The van der Waals surface area contributed by atoms with E-state index in [2.05, 4.69) is 52.0 Å². The van der Waals surface area contributed by atoms with E-state index in [1.165, 1.54) is 38.9 Å². The Kier molecular flexibility index (Phi) is 19.6. The highest BCUT2D eigenvalue weighted by molar-refractivity contribution is 5.52. The number of rotatable bonds is 0. The molecule has 0 atom stereocenters. The molecule has 0 spiro atoms. The van der Waals surface area contributed by atoms with E-state index in [0.717, 1.165) is 61.9 Å². The molecule has 6 rings (SSSR count). The van der Waals surface area contributed by atoms with Gasteiger partial charge >= 0.3 is 0 Å². The molecule has 0 amide bonds. The van der Waals surface area contributed by atoms with Crippen LogP contribution in [-0.2, 0) is 0 Å². The average molecular weight is 727 g/mol. The maximum atomic E-state index is 5.68. The van der Waals surface area contributed by atoms with Crippen molar-refractivity contribution in [3.05, 3.63) is 176 Å². The molecule has 0 saturated heterocycles. The van der Waals surface area contributed by atoms with Crippen molar-refractivity contribution in [2.75, 3.05) is 34.4 Å². The molecule has 6 nitrogen and oxygen atoms in total. The Bertz CT molecular complexity index is 1790. The number of hydrogen-bond donors (Lipinski definition) is 6. The van der Waals surface area contributed by atoms with E-state index in [4.69, 9.17) is 34.4 Å². The third-order valence-electron chi connectivity index (χ3n) is 8.60. The molecule has 0 aromatic heterocycles. The standard InChI is InChI=1S/6C8H11N/c1-6-3-7(2)5-8(9)4-6;1-6-3-4-8(9)5-7(6)2;2*1-6-3-4-8(9)7(2)5-6;1-6-3-4-7(2)8(9)5-6;1-6-4-3-5-7(2)8(6)9/h6*3-5H,9H2,1-2H3. The first-order valence-corrected chi connectivity index (χ1v) is 18.2. The van der Waals surface area contributed by atoms with Crippen molar-refractivity contribution in [3.63, 3.8) is 0 Å². The Hall–Kier alpha value is -5.88. The van der Waals surface area contributed by atoms with Gasteiger partial charge in [0.25, 0.3) is 0 Å². The fourth-order valence-corrected chi connectivity index (χ4v) is 5.01. The molecule has 6 heteroatoms. The van der Waals surface area contributed by atoms with Crippen LogP contribution >= 0.6 is 0 Å². The fraction of sp³-hybridized carbons (Fsp3) is 0.250. The number of hydrogen-bond acceptors (Lipinski definition) is 6. The van der Waals surface area contributed by atoms with Crippen molar-refractivity contribution in [2.45, 2.75) is 83.1 Å². The van der Waals surface area contributed by atoms with E-state index in [1.54, 1.807) is 0 Å². The van der Waals surface area contributed by atoms with Crippen LogP contribution in [0, 0.1) is 83.1 Å². The van der Waals surface area contributed by atoms with E-state index in [-0.39, 0.29) is 0 Å². The smallest absolute Gasteiger partial charge is 0.0373 e. The van der Waals surface area contributed by atoms with Gasteiger partial charge in [0.2, 0.25) is 0 Å². The topological polar surface area (TPSA) is 156 Å². The second-order valence-electron chi connectivity index (χ2n) is 14.2. The van der Waals surface area contributed by atoms with Crippen LogP contribution in [0.5, 0.6) is 0 Å². The van der Waals surface area contributed by atoms with Crippen molar-refractivity contribution in [3.8, 4) is 0 Å². The van der Waals surface area contributed by atoms with E-state index in [1.807, 2.05) is 140 Å². The van der Waals surface area contributed by atoms with Crippen molar-refractivity contribution in [2.24, 2.45) is 0 Å². The zero-order valence-electron chi connectivity index (χ0n) is 34.9. The largest absolute Gasteiger partial charge is 0.399 e. The second-order valence-corrected chi connectivity index (χ2v) is 14.2. The lowest BCUT2D eigenvalue weighted by Crippen LogP contribution is -1.91. The molecule has 0 bridgehead atoms. The minimum absolute atomic E-state index is 0.845. The molecule has 54 heavy (non-hydrogen) atoms. The van der Waals surface area contributed by atoms with Gasteiger partial charge in [-0.3, -0.25) is 0 Å². The second kappa shape index (κ2) is 22.9. The SMILES string of the molecule is Cc1cc(C)cc(N)c1.Cc1ccc(C)c(N)c1.Cc1ccc(N)c(C)c1.Cc1ccc(N)c(C)c1.Cc1ccc(N)cc1C.Cc1cccc(C)c1N. The lowest BCUT2D eigenvalue weighted by atomic mass is 10.1. The zero-order chi connectivity index (χ0) is 41.1. The fourth-order valence-electron chi connectivity index (χ4n) is 5.01. The predicted octanol–water partition coefficient (Wildman–Crippen LogP) is 11.3. The summed E-state index contributed by atoms with van der Waals surface area (Å²) >= 11 is 0. The van der Waals surface area contributed by atoms with Gasteiger partial charge in [0.15, 0.2) is 0 Å². The molecule has 6 aromatic carbocycles. The Balaban J connectivity index is 0.000000324. The highest BCUT2D eigenvalue weighted by Crippen LogP contribution is 2.15. The minimum Gasteiger partial charge on any atom is -0.399 e. The first kappa shape index (κ1) is 46.1. The van der Waals surface area contributed by atoms with Crippen LogP contribution in [0.15, 0.2) is 109 Å². The Labute approximate surface area is 326 Å². The number of nitrogen functional groups attached to an aromatic ring is 6. The van der Waals surface area contributed by atoms with Crippen molar-refractivity contribution in [1.82, 2.24) is 0 Å². The van der Waals surface area contributed by atoms with Crippen molar-refractivity contribution < 1.29 is 0 Å². The van der Waals surface area contributed by atoms with Gasteiger partial charge in [-0.05, 0) is 181 Å². The molecular formula is C48H66N6. The Morgan fingerprint density at radius 3 is 1.02 bits per heavy atom. The first-order chi connectivity index (χ1) is 25.2. The van der Waals surface area contributed by atoms with Crippen molar-refractivity contribution in [1.29, 1.82) is 0 Å². The highest BCUT2D eigenvalue weighted by atomic mass is 14.6. The molecule has 6 aromatic rings. The number of anilines is 6. The first-order valence-electron chi connectivity index (χ1n) is 18.2. The molecule has 0 aliphatic heterocycles. The van der Waals surface area contributed by atoms with Crippen molar-refractivity contribution >= 4 is 34.1 Å². The van der Waals surface area contributed by atoms with Crippen LogP contribution in [0.4, 0.5) is 34.1 Å². The molecule has 0 fully saturated rings. The third kappa shape index (κ3) is 18.1. The van der Waals surface area contributed by atoms with Gasteiger partial charge in [0.05, 0.1) is 0 Å². The lowest BCUT2D eigenvalue weighted by molar-refractivity contribution is 1.34. The molecule has 0 aliphatic rings. The van der Waals surface area contributed by atoms with Gasteiger partial charge in [-0.15, -0.1) is 0 Å². The molecule has 0 aliphatic carbocycles. The van der Waals surface area contributed by atoms with Gasteiger partial charge in [-0.2, -0.15) is 0 Å². The quantitative estimate of drug-likeness (QED) is 0.0856. The maximum absolute atomic E-state index is 5.68. The van der Waals surface area contributed by atoms with E-state index in [9.17, 15) is 0 Å². The normalized spacial score (nSPS) is 9.56. The van der Waals surface area contributed by atoms with Crippen LogP contribution in [0.1, 0.15) is 66.8 Å². The molecule has 12 N–H and O–H groups in total. The number of aryl methyl sites for hydroxylation is 12. The van der Waals surface area contributed by atoms with Crippen LogP contribution in [-0.4, -0.2) is 0 Å². The van der Waals surface area contributed by atoms with E-state index < -0.39 is 0 Å². The third-order valence-corrected chi connectivity index (χ3v) is 8.60. The summed E-state index contributed by atoms with van der Waals surface area (Å²) in [6.45, 7) is 24.5. The van der Waals surface area contributed by atoms with Gasteiger partial charge in [0.1, 0.15) is 0 Å². The summed E-state index contributed by atoms with van der Waals surface area (Å²) in [5.41, 5.74) is 53.4. The summed E-state index contributed by atoms with van der Waals surface area (Å²) in [4.78, 5) is 0. The number of nitrogens with two attached hydrogens (primary N) is 6. The summed E-state index contributed by atoms with van der Waals surface area (Å²) in [6.07, 6.45) is 0. The zero-order valence-corrected chi connectivity index (χ0v) is 34.9. The highest BCUT2D eigenvalue weighted by Gasteiger charge is 1.94. The van der Waals surface area contributed by atoms with E-state index >= 15 is 0 Å². The molecule has 0 unspecified atom stereocenters. The predicted molar refractivity (Wildman–Crippen MR) is 242 cm³/mol. The molecule has 288 valence electrons. The number of benzene rings is 6. The van der Waals surface area contributed by atoms with Gasteiger partial charge in [-0.1, -0.05) is 77.9 Å². The summed E-state index contributed by atoms with van der Waals surface area (Å²) < 4.78 is 0. The van der Waals surface area contributed by atoms with Gasteiger partial charge < -0.3 is 34.4 Å². The van der Waals surface area contributed by atoms with Crippen LogP contribution in [0.25, 0.3) is 0 Å². The molecule has 0 saturated carbocycles. The molecule has 0 radical (unpaired) electrons. The van der Waals surface area contributed by atoms with Gasteiger partial charge in [0, 0.05) is 34.1 Å². The summed E-state index contributed by atoms with van der Waals surface area (Å²) in [5, 5.41) is 0. The Morgan fingerprint density at radius 2 is 0.685 bits per heavy atom. The van der Waals surface area contributed by atoms with Gasteiger partial charge in [-0.25, -0.2) is 0 Å². The summed E-state index contributed by atoms with van der Waals surface area (Å²) in [5.74, 6) is 0. The monoisotopic (exact) mass is 727 g/mol. The Morgan fingerprint density at radius 1 is 0.259 bits per heavy atom. The van der Waals surface area contributed by atoms with Crippen LogP contribution in [0.2, 0.25) is 0 Å². The summed E-state index contributed by atoms with van der Waals surface area (Å²) in [6, 6.07) is 36.2. The number of para-hydroxylation sites is 1. The van der Waals surface area contributed by atoms with E-state index in [0.29, 0.717) is 0 Å². The molecule has 0 heterocycles. The minimum atomic E-state index is 0.845. The average Bonchev–Trinajstić information content (AvgIpc) is 3.08. The summed E-state index contributed by atoms with van der Waals surface area (Å²) in [7, 11) is 0. The van der Waals surface area contributed by atoms with Crippen LogP contribution in [0.3, 0.4) is 0 Å². The maximum Gasteiger partial charge on any atom is 0.0373 e.